The molecule has 4 aliphatic heterocycles. The number of nitrogens with zero attached hydrogens (tertiary/aromatic N) is 6. The van der Waals surface area contributed by atoms with Gasteiger partial charge in [-0.1, -0.05) is 158 Å². The van der Waals surface area contributed by atoms with E-state index in [1.54, 1.807) is 0 Å². The molecule has 4 aliphatic rings. The fourth-order valence-electron chi connectivity index (χ4n) is 13.9. The maximum atomic E-state index is 5.61. The third-order valence-electron chi connectivity index (χ3n) is 17.7. The van der Waals surface area contributed by atoms with Gasteiger partial charge in [0.25, 0.3) is 0 Å². The van der Waals surface area contributed by atoms with E-state index in [1.165, 1.54) is 66.9 Å². The van der Waals surface area contributed by atoms with Gasteiger partial charge in [0.1, 0.15) is 0 Å². The molecule has 10 heteroatoms. The Hall–Kier alpha value is -8.63. The van der Waals surface area contributed by atoms with Gasteiger partial charge in [0.2, 0.25) is 0 Å². The van der Waals surface area contributed by atoms with Gasteiger partial charge in [-0.25, -0.2) is 19.9 Å². The molecule has 0 fully saturated rings. The first-order valence-electron chi connectivity index (χ1n) is 31.9. The summed E-state index contributed by atoms with van der Waals surface area (Å²) in [5, 5.41) is 0. The van der Waals surface area contributed by atoms with E-state index >= 15 is 0 Å². The van der Waals surface area contributed by atoms with E-state index in [1.807, 2.05) is 0 Å². The average molecular weight is 1320 g/mol. The topological polar surface area (TPSA) is 93.0 Å². The van der Waals surface area contributed by atoms with Crippen molar-refractivity contribution >= 4 is 91.7 Å². The van der Waals surface area contributed by atoms with Crippen LogP contribution in [0, 0.1) is 0 Å². The van der Waals surface area contributed by atoms with Crippen LogP contribution in [0.2, 0.25) is 0 Å². The number of allylic oxidation sites excluding steroid dienone is 2. The van der Waals surface area contributed by atoms with Crippen LogP contribution in [-0.2, 0) is 78.5 Å². The summed E-state index contributed by atoms with van der Waals surface area (Å²) in [5.74, 6) is 0. The molecular formula is C80H76N8PdZn. The molecule has 0 radical (unpaired) electrons. The quantitative estimate of drug-likeness (QED) is 0.119. The number of benzene rings is 4. The van der Waals surface area contributed by atoms with E-state index in [2.05, 4.69) is 281 Å². The predicted molar refractivity (Wildman–Crippen MR) is 374 cm³/mol. The van der Waals surface area contributed by atoms with Crippen LogP contribution in [0.1, 0.15) is 142 Å². The number of hydrogen-bond donors (Lipinski definition) is 2. The third kappa shape index (κ3) is 11.8. The molecule has 0 unspecified atom stereocenters. The Morgan fingerprint density at radius 3 is 1.36 bits per heavy atom. The molecule has 8 nitrogen and oxygen atoms in total. The van der Waals surface area contributed by atoms with Crippen LogP contribution < -0.4 is 0 Å². The van der Waals surface area contributed by atoms with Crippen LogP contribution in [0.3, 0.4) is 0 Å². The normalized spacial score (nSPS) is 12.2. The van der Waals surface area contributed by atoms with Crippen molar-refractivity contribution in [2.45, 2.75) is 107 Å². The first-order chi connectivity index (χ1) is 43.3. The summed E-state index contributed by atoms with van der Waals surface area (Å²) < 4.78 is 4.96. The Labute approximate surface area is 555 Å². The van der Waals surface area contributed by atoms with Gasteiger partial charge < -0.3 is 19.1 Å². The maximum absolute atomic E-state index is 5.61. The minimum atomic E-state index is 0. The van der Waals surface area contributed by atoms with Crippen LogP contribution in [-0.4, -0.2) is 39.0 Å². The monoisotopic (exact) mass is 1320 g/mol. The molecule has 4 aromatic carbocycles. The summed E-state index contributed by atoms with van der Waals surface area (Å²) in [7, 11) is 0. The van der Waals surface area contributed by atoms with Crippen LogP contribution in [0.15, 0.2) is 170 Å². The molecule has 90 heavy (non-hydrogen) atoms. The van der Waals surface area contributed by atoms with E-state index < -0.39 is 0 Å². The molecule has 14 rings (SSSR count). The summed E-state index contributed by atoms with van der Waals surface area (Å²) in [6.07, 6.45) is 19.6. The fraction of sp³-hybridized carbons (Fsp3) is 0.200. The molecule has 0 amide bonds. The van der Waals surface area contributed by atoms with Gasteiger partial charge in [-0.15, -0.1) is 0 Å². The summed E-state index contributed by atoms with van der Waals surface area (Å²) in [6, 6.07) is 60.1. The Morgan fingerprint density at radius 2 is 0.833 bits per heavy atom. The van der Waals surface area contributed by atoms with Crippen LogP contribution in [0.25, 0.3) is 131 Å². The first-order valence-corrected chi connectivity index (χ1v) is 31.9. The molecule has 16 bridgehead atoms. The number of fused-ring (bicyclic) bond motifs is 16. The van der Waals surface area contributed by atoms with Gasteiger partial charge in [-0.2, -0.15) is 0 Å². The van der Waals surface area contributed by atoms with E-state index in [0.717, 1.165) is 152 Å². The van der Waals surface area contributed by atoms with Crippen molar-refractivity contribution in [1.29, 1.82) is 0 Å². The number of aryl methyl sites for hydroxylation is 6. The van der Waals surface area contributed by atoms with Crippen molar-refractivity contribution in [2.24, 2.45) is 0 Å². The van der Waals surface area contributed by atoms with Gasteiger partial charge in [-0.05, 0) is 194 Å². The van der Waals surface area contributed by atoms with Gasteiger partial charge in [-0.3, -0.25) is 0 Å². The number of H-pyrrole nitrogens is 2. The van der Waals surface area contributed by atoms with Crippen molar-refractivity contribution in [3.8, 4) is 39.1 Å². The summed E-state index contributed by atoms with van der Waals surface area (Å²) >= 11 is 0. The number of nitrogens with one attached hydrogen (secondary N) is 2. The average Bonchev–Trinajstić information content (AvgIpc) is 1.71. The number of rotatable bonds is 12. The Bertz CT molecular complexity index is 4810. The smallest absolute Gasteiger partial charge is 0.0737 e. The third-order valence-corrected chi connectivity index (χ3v) is 17.7. The van der Waals surface area contributed by atoms with Crippen molar-refractivity contribution in [2.75, 3.05) is 0 Å². The largest absolute Gasteiger partial charge is 0.355 e. The van der Waals surface area contributed by atoms with E-state index in [-0.39, 0.29) is 39.9 Å². The minimum Gasteiger partial charge on any atom is -0.355 e. The standard InChI is InChI=1S/C44H30N4.C36H46N4.Pd.Zn/c1-5-13-30(14-6-1)41-39-26-25-36(47-39)28-35-22-21-33(45-35)27-34-23-24-37(46-34)29-40-42(31-15-7-2-8-16-31)43(32-17-9-3-10-18-32)44(41)48(40)38-19-11-4-12-20-38;1-9-22-19-25-20-23-17-18-24(37-23)21-32-26(10-2)29(13-5)36(40(32)16-8)31(15-7)35-28(12-4)27(11-3)34(39-35)30(14-6)33(22)38-25;;/h1-29,45H;17-21,38H,9-16H2,1-8H3;;. The Morgan fingerprint density at radius 1 is 0.367 bits per heavy atom. The predicted octanol–water partition coefficient (Wildman–Crippen LogP) is 20.6. The Balaban J connectivity index is 0.000000184. The SMILES string of the molecule is C1=Cc2cc3c(-c4ccccc4)c(-c4ccccc4)c(c(-c4ccccc4)c4nc(cc5ccc(cc1n2)[nH]5)C=C4)n3-c1ccccc1.CCC1=C(CC)c2nc1c(CC)c1[nH]c(cc3nc(cc4c(CC)c(CC)c(c2CC)n4CC)C=C3)cc1CC.[Pd].[Zn]. The molecule has 10 aromatic rings. The van der Waals surface area contributed by atoms with Crippen LogP contribution in [0.4, 0.5) is 0 Å². The molecule has 0 saturated heterocycles. The van der Waals surface area contributed by atoms with Gasteiger partial charge >= 0.3 is 0 Å². The van der Waals surface area contributed by atoms with Crippen molar-refractivity contribution in [1.82, 2.24) is 39.0 Å². The van der Waals surface area contributed by atoms with Crippen molar-refractivity contribution in [3.63, 3.8) is 0 Å². The zero-order valence-corrected chi connectivity index (χ0v) is 57.5. The molecule has 448 valence electrons. The molecular weight excluding hydrogens is 1240 g/mol. The molecule has 10 heterocycles. The molecule has 0 saturated carbocycles. The van der Waals surface area contributed by atoms with Gasteiger partial charge in [0.15, 0.2) is 0 Å². The molecule has 0 aliphatic carbocycles. The maximum Gasteiger partial charge on any atom is 0.0737 e. The zero-order valence-electron chi connectivity index (χ0n) is 53.0. The van der Waals surface area contributed by atoms with Crippen molar-refractivity contribution in [3.05, 3.63) is 243 Å². The van der Waals surface area contributed by atoms with E-state index in [9.17, 15) is 0 Å². The first kappa shape index (κ1) is 63.0. The second-order valence-electron chi connectivity index (χ2n) is 22.8. The summed E-state index contributed by atoms with van der Waals surface area (Å²) in [5.41, 5.74) is 34.7. The minimum absolute atomic E-state index is 0. The number of hydrogen-bond acceptors (Lipinski definition) is 4. The van der Waals surface area contributed by atoms with E-state index in [0.29, 0.717) is 0 Å². The molecule has 2 N–H and O–H groups in total. The van der Waals surface area contributed by atoms with Crippen molar-refractivity contribution < 1.29 is 39.9 Å². The second kappa shape index (κ2) is 27.6. The number of para-hydroxylation sites is 1. The zero-order chi connectivity index (χ0) is 60.4. The Kier molecular flexibility index (Phi) is 19.3. The van der Waals surface area contributed by atoms with E-state index in [4.69, 9.17) is 19.9 Å². The summed E-state index contributed by atoms with van der Waals surface area (Å²) in [4.78, 5) is 28.3. The molecule has 6 aromatic heterocycles. The number of aromatic nitrogens is 8. The number of aromatic amines is 2. The van der Waals surface area contributed by atoms with Gasteiger partial charge in [0, 0.05) is 108 Å². The summed E-state index contributed by atoms with van der Waals surface area (Å²) in [6.45, 7) is 19.2. The molecule has 0 spiro atoms. The fourth-order valence-corrected chi connectivity index (χ4v) is 13.9. The molecule has 0 atom stereocenters. The van der Waals surface area contributed by atoms with Gasteiger partial charge in [0.05, 0.1) is 62.1 Å². The van der Waals surface area contributed by atoms with Crippen LogP contribution >= 0.6 is 0 Å². The van der Waals surface area contributed by atoms with Crippen LogP contribution in [0.5, 0.6) is 0 Å². The second-order valence-corrected chi connectivity index (χ2v) is 22.8.